The van der Waals surface area contributed by atoms with Gasteiger partial charge in [0.1, 0.15) is 0 Å². The summed E-state index contributed by atoms with van der Waals surface area (Å²) in [5.74, 6) is 0.0931. The Bertz CT molecular complexity index is 486. The van der Waals surface area contributed by atoms with Crippen LogP contribution in [0, 0.1) is 5.92 Å². The molecule has 1 aromatic rings. The van der Waals surface area contributed by atoms with Gasteiger partial charge in [0.2, 0.25) is 11.8 Å². The molecule has 0 spiro atoms. The maximum Gasteiger partial charge on any atom is 0.224 e. The maximum absolute atomic E-state index is 12.4. The molecular formula is C16H23N3O2. The van der Waals surface area contributed by atoms with Crippen molar-refractivity contribution in [2.45, 2.75) is 38.3 Å². The van der Waals surface area contributed by atoms with Crippen molar-refractivity contribution in [2.24, 2.45) is 17.4 Å². The summed E-state index contributed by atoms with van der Waals surface area (Å²) in [6, 6.07) is 9.66. The lowest BCUT2D eigenvalue weighted by Gasteiger charge is -2.24. The Labute approximate surface area is 125 Å². The lowest BCUT2D eigenvalue weighted by molar-refractivity contribution is -0.132. The van der Waals surface area contributed by atoms with Crippen molar-refractivity contribution in [3.63, 3.8) is 0 Å². The van der Waals surface area contributed by atoms with Crippen LogP contribution in [-0.4, -0.2) is 29.3 Å². The lowest BCUT2D eigenvalue weighted by Crippen LogP contribution is -2.38. The average molecular weight is 289 g/mol. The van der Waals surface area contributed by atoms with E-state index in [1.54, 1.807) is 4.90 Å². The van der Waals surface area contributed by atoms with Crippen LogP contribution in [0.15, 0.2) is 30.3 Å². The zero-order valence-corrected chi connectivity index (χ0v) is 12.2. The molecule has 0 radical (unpaired) electrons. The Morgan fingerprint density at radius 1 is 1.24 bits per heavy atom. The minimum atomic E-state index is -0.396. The van der Waals surface area contributed by atoms with E-state index < -0.39 is 5.91 Å². The standard InChI is InChI=1S/C16H23N3O2/c17-14(13-6-7-13)10-16(21)19(9-8-15(18)20)11-12-4-2-1-3-5-12/h1-5,13-14H,6-11,17H2,(H2,18,20). The quantitative estimate of drug-likeness (QED) is 0.748. The van der Waals surface area contributed by atoms with Crippen LogP contribution in [0.2, 0.25) is 0 Å². The molecule has 1 aliphatic carbocycles. The summed E-state index contributed by atoms with van der Waals surface area (Å²) in [5, 5.41) is 0. The number of amides is 2. The predicted molar refractivity (Wildman–Crippen MR) is 81.0 cm³/mol. The summed E-state index contributed by atoms with van der Waals surface area (Å²) in [7, 11) is 0. The highest BCUT2D eigenvalue weighted by molar-refractivity contribution is 5.78. The minimum absolute atomic E-state index is 0.000460. The third kappa shape index (κ3) is 5.19. The van der Waals surface area contributed by atoms with Crippen molar-refractivity contribution in [1.29, 1.82) is 0 Å². The highest BCUT2D eigenvalue weighted by Crippen LogP contribution is 2.33. The van der Waals surface area contributed by atoms with Gasteiger partial charge in [-0.2, -0.15) is 0 Å². The van der Waals surface area contributed by atoms with Crippen LogP contribution in [0.1, 0.15) is 31.2 Å². The van der Waals surface area contributed by atoms with E-state index in [1.165, 1.54) is 0 Å². The van der Waals surface area contributed by atoms with E-state index in [4.69, 9.17) is 11.5 Å². The molecular weight excluding hydrogens is 266 g/mol. The predicted octanol–water partition coefficient (Wildman–Crippen LogP) is 1.02. The summed E-state index contributed by atoms with van der Waals surface area (Å²) >= 11 is 0. The number of benzene rings is 1. The van der Waals surface area contributed by atoms with Crippen LogP contribution in [0.25, 0.3) is 0 Å². The van der Waals surface area contributed by atoms with E-state index in [-0.39, 0.29) is 18.4 Å². The minimum Gasteiger partial charge on any atom is -0.370 e. The Hall–Kier alpha value is -1.88. The topological polar surface area (TPSA) is 89.4 Å². The second-order valence-electron chi connectivity index (χ2n) is 5.72. The van der Waals surface area contributed by atoms with E-state index in [0.717, 1.165) is 18.4 Å². The summed E-state index contributed by atoms with van der Waals surface area (Å²) in [4.78, 5) is 25.1. The van der Waals surface area contributed by atoms with E-state index in [9.17, 15) is 9.59 Å². The van der Waals surface area contributed by atoms with Crippen molar-refractivity contribution >= 4 is 11.8 Å². The van der Waals surface area contributed by atoms with Crippen LogP contribution >= 0.6 is 0 Å². The number of hydrogen-bond donors (Lipinski definition) is 2. The molecule has 4 N–H and O–H groups in total. The first-order chi connectivity index (χ1) is 10.1. The van der Waals surface area contributed by atoms with Crippen molar-refractivity contribution in [3.05, 3.63) is 35.9 Å². The maximum atomic E-state index is 12.4. The molecule has 1 fully saturated rings. The number of rotatable bonds is 8. The molecule has 1 saturated carbocycles. The number of hydrogen-bond acceptors (Lipinski definition) is 3. The summed E-state index contributed by atoms with van der Waals surface area (Å²) < 4.78 is 0. The summed E-state index contributed by atoms with van der Waals surface area (Å²) in [5.41, 5.74) is 12.3. The van der Waals surface area contributed by atoms with Crippen LogP contribution in [-0.2, 0) is 16.1 Å². The zero-order chi connectivity index (χ0) is 15.2. The van der Waals surface area contributed by atoms with Gasteiger partial charge in [-0.15, -0.1) is 0 Å². The second kappa shape index (κ2) is 7.22. The molecule has 2 amide bonds. The molecule has 21 heavy (non-hydrogen) atoms. The third-order valence-electron chi connectivity index (χ3n) is 3.83. The first kappa shape index (κ1) is 15.5. The molecule has 1 atom stereocenters. The first-order valence-corrected chi connectivity index (χ1v) is 7.42. The number of primary amides is 1. The summed E-state index contributed by atoms with van der Waals surface area (Å²) in [6.45, 7) is 0.838. The molecule has 1 aliphatic rings. The van der Waals surface area contributed by atoms with Gasteiger partial charge in [0.15, 0.2) is 0 Å². The third-order valence-corrected chi connectivity index (χ3v) is 3.83. The molecule has 114 valence electrons. The van der Waals surface area contributed by atoms with Crippen molar-refractivity contribution in [1.82, 2.24) is 4.90 Å². The van der Waals surface area contributed by atoms with Crippen LogP contribution in [0.3, 0.4) is 0 Å². The fourth-order valence-electron chi connectivity index (χ4n) is 2.36. The molecule has 0 aromatic heterocycles. The number of nitrogens with two attached hydrogens (primary N) is 2. The largest absolute Gasteiger partial charge is 0.370 e. The number of carbonyl (C=O) groups excluding carboxylic acids is 2. The molecule has 5 heteroatoms. The molecule has 5 nitrogen and oxygen atoms in total. The van der Waals surface area contributed by atoms with Gasteiger partial charge in [0, 0.05) is 32.0 Å². The van der Waals surface area contributed by atoms with Gasteiger partial charge in [0.05, 0.1) is 0 Å². The van der Waals surface area contributed by atoms with E-state index >= 15 is 0 Å². The van der Waals surface area contributed by atoms with Crippen LogP contribution < -0.4 is 11.5 Å². The smallest absolute Gasteiger partial charge is 0.224 e. The number of carbonyl (C=O) groups is 2. The Morgan fingerprint density at radius 3 is 2.48 bits per heavy atom. The second-order valence-corrected chi connectivity index (χ2v) is 5.72. The van der Waals surface area contributed by atoms with Gasteiger partial charge in [-0.25, -0.2) is 0 Å². The molecule has 0 bridgehead atoms. The average Bonchev–Trinajstić information content (AvgIpc) is 3.28. The molecule has 1 aromatic carbocycles. The van der Waals surface area contributed by atoms with E-state index in [0.29, 0.717) is 25.4 Å². The van der Waals surface area contributed by atoms with Gasteiger partial charge < -0.3 is 16.4 Å². The monoisotopic (exact) mass is 289 g/mol. The molecule has 1 unspecified atom stereocenters. The van der Waals surface area contributed by atoms with Gasteiger partial charge in [0.25, 0.3) is 0 Å². The Morgan fingerprint density at radius 2 is 1.90 bits per heavy atom. The molecule has 0 aliphatic heterocycles. The van der Waals surface area contributed by atoms with Gasteiger partial charge >= 0.3 is 0 Å². The van der Waals surface area contributed by atoms with Crippen LogP contribution in [0.5, 0.6) is 0 Å². The highest BCUT2D eigenvalue weighted by atomic mass is 16.2. The van der Waals surface area contributed by atoms with Gasteiger partial charge in [-0.3, -0.25) is 9.59 Å². The Kier molecular flexibility index (Phi) is 5.33. The van der Waals surface area contributed by atoms with Crippen molar-refractivity contribution in [2.75, 3.05) is 6.54 Å². The van der Waals surface area contributed by atoms with Crippen LogP contribution in [0.4, 0.5) is 0 Å². The zero-order valence-electron chi connectivity index (χ0n) is 12.2. The van der Waals surface area contributed by atoms with Gasteiger partial charge in [-0.05, 0) is 24.3 Å². The molecule has 2 rings (SSSR count). The first-order valence-electron chi connectivity index (χ1n) is 7.42. The fourth-order valence-corrected chi connectivity index (χ4v) is 2.36. The number of nitrogens with zero attached hydrogens (tertiary/aromatic N) is 1. The van der Waals surface area contributed by atoms with Crippen molar-refractivity contribution < 1.29 is 9.59 Å². The molecule has 0 heterocycles. The highest BCUT2D eigenvalue weighted by Gasteiger charge is 2.31. The van der Waals surface area contributed by atoms with E-state index in [1.807, 2.05) is 30.3 Å². The van der Waals surface area contributed by atoms with Gasteiger partial charge in [-0.1, -0.05) is 30.3 Å². The summed E-state index contributed by atoms with van der Waals surface area (Å²) in [6.07, 6.45) is 2.76. The normalized spacial score (nSPS) is 15.5. The van der Waals surface area contributed by atoms with Crippen molar-refractivity contribution in [3.8, 4) is 0 Å². The SMILES string of the molecule is NC(=O)CCN(Cc1ccccc1)C(=O)CC(N)C1CC1. The Balaban J connectivity index is 1.96. The van der Waals surface area contributed by atoms with E-state index in [2.05, 4.69) is 0 Å². The fraction of sp³-hybridized carbons (Fsp3) is 0.500. The lowest BCUT2D eigenvalue weighted by atomic mass is 10.1. The molecule has 0 saturated heterocycles.